The monoisotopic (exact) mass is 466 g/mol. The summed E-state index contributed by atoms with van der Waals surface area (Å²) < 4.78 is 12.6. The number of nitriles is 1. The number of rotatable bonds is 7. The average molecular weight is 466 g/mol. The Hall–Kier alpha value is -4.90. The minimum atomic E-state index is -0.671. The number of carbonyl (C=O) groups excluding carboxylic acids is 1. The first kappa shape index (κ1) is 23.3. The van der Waals surface area contributed by atoms with E-state index in [1.54, 1.807) is 60.8 Å². The molecule has 0 spiro atoms. The molecule has 0 aliphatic carbocycles. The number of hydrogen-bond acceptors (Lipinski definition) is 6. The van der Waals surface area contributed by atoms with Crippen LogP contribution in [0.25, 0.3) is 11.7 Å². The molecule has 4 rings (SSSR count). The number of nitrogens with one attached hydrogen (secondary N) is 1. The van der Waals surface area contributed by atoms with Crippen LogP contribution in [-0.4, -0.2) is 21.9 Å². The molecule has 1 amide bonds. The quantitative estimate of drug-likeness (QED) is 0.312. The Kier molecular flexibility index (Phi) is 6.88. The standard InChI is InChI=1S/C27H22N4O4/c1-3-34-21-13-9-20(10-14-21)29-25(32)19(17-28)16-23-26(35-22-11-7-18(2)8-12-22)30-24-6-4-5-15-31(24)27(23)33/h4-16H,3H2,1-2H3,(H,29,32)/b19-16+. The van der Waals surface area contributed by atoms with Gasteiger partial charge in [-0.1, -0.05) is 23.8 Å². The van der Waals surface area contributed by atoms with Gasteiger partial charge < -0.3 is 14.8 Å². The Bertz CT molecular complexity index is 1500. The maximum atomic E-state index is 13.3. The molecule has 174 valence electrons. The second kappa shape index (κ2) is 10.4. The first-order valence-corrected chi connectivity index (χ1v) is 10.9. The van der Waals surface area contributed by atoms with E-state index < -0.39 is 11.5 Å². The van der Waals surface area contributed by atoms with E-state index in [0.717, 1.165) is 5.56 Å². The van der Waals surface area contributed by atoms with Gasteiger partial charge in [0.05, 0.1) is 6.61 Å². The Balaban J connectivity index is 1.72. The highest BCUT2D eigenvalue weighted by molar-refractivity contribution is 6.09. The van der Waals surface area contributed by atoms with E-state index in [2.05, 4.69) is 10.3 Å². The molecule has 0 unspecified atom stereocenters. The topological polar surface area (TPSA) is 106 Å². The fourth-order valence-corrected chi connectivity index (χ4v) is 3.29. The van der Waals surface area contributed by atoms with Crippen LogP contribution >= 0.6 is 0 Å². The van der Waals surface area contributed by atoms with Crippen LogP contribution in [0.1, 0.15) is 18.1 Å². The van der Waals surface area contributed by atoms with E-state index in [4.69, 9.17) is 9.47 Å². The lowest BCUT2D eigenvalue weighted by Gasteiger charge is -2.11. The molecule has 8 heteroatoms. The highest BCUT2D eigenvalue weighted by Gasteiger charge is 2.17. The molecule has 0 radical (unpaired) electrons. The maximum absolute atomic E-state index is 13.3. The number of fused-ring (bicyclic) bond motifs is 1. The van der Waals surface area contributed by atoms with E-state index >= 15 is 0 Å². The van der Waals surface area contributed by atoms with Crippen LogP contribution < -0.4 is 20.3 Å². The number of nitrogens with zero attached hydrogens (tertiary/aromatic N) is 3. The second-order valence-corrected chi connectivity index (χ2v) is 7.56. The van der Waals surface area contributed by atoms with E-state index in [0.29, 0.717) is 29.4 Å². The Morgan fingerprint density at radius 1 is 1.09 bits per heavy atom. The summed E-state index contributed by atoms with van der Waals surface area (Å²) in [6.07, 6.45) is 2.76. The first-order chi connectivity index (χ1) is 17.0. The number of anilines is 1. The number of benzene rings is 2. The minimum Gasteiger partial charge on any atom is -0.494 e. The van der Waals surface area contributed by atoms with Crippen molar-refractivity contribution in [1.82, 2.24) is 9.38 Å². The highest BCUT2D eigenvalue weighted by atomic mass is 16.5. The molecule has 0 aliphatic rings. The van der Waals surface area contributed by atoms with Crippen LogP contribution in [0.5, 0.6) is 17.4 Å². The SMILES string of the molecule is CCOc1ccc(NC(=O)/C(C#N)=C/c2c(Oc3ccc(C)cc3)nc3ccccn3c2=O)cc1. The predicted molar refractivity (Wildman–Crippen MR) is 133 cm³/mol. The van der Waals surface area contributed by atoms with Crippen LogP contribution in [0.15, 0.2) is 83.3 Å². The van der Waals surface area contributed by atoms with E-state index in [-0.39, 0.29) is 17.0 Å². The maximum Gasteiger partial charge on any atom is 0.269 e. The van der Waals surface area contributed by atoms with Gasteiger partial charge in [-0.05, 0) is 68.5 Å². The summed E-state index contributed by atoms with van der Waals surface area (Å²) in [5.41, 5.74) is 1.12. The summed E-state index contributed by atoms with van der Waals surface area (Å²) in [6.45, 7) is 4.34. The predicted octanol–water partition coefficient (Wildman–Crippen LogP) is 4.74. The molecule has 4 aromatic rings. The van der Waals surface area contributed by atoms with Gasteiger partial charge in [-0.15, -0.1) is 0 Å². The number of pyridine rings is 1. The number of hydrogen-bond donors (Lipinski definition) is 1. The van der Waals surface area contributed by atoms with Gasteiger partial charge in [0, 0.05) is 11.9 Å². The van der Waals surface area contributed by atoms with Gasteiger partial charge in [-0.3, -0.25) is 14.0 Å². The minimum absolute atomic E-state index is 0.00771. The summed E-state index contributed by atoms with van der Waals surface area (Å²) in [4.78, 5) is 30.6. The van der Waals surface area contributed by atoms with Gasteiger partial charge in [-0.2, -0.15) is 10.2 Å². The van der Waals surface area contributed by atoms with Gasteiger partial charge in [0.2, 0.25) is 5.88 Å². The van der Waals surface area contributed by atoms with Crippen LogP contribution in [0.2, 0.25) is 0 Å². The van der Waals surface area contributed by atoms with Gasteiger partial charge in [0.1, 0.15) is 34.4 Å². The van der Waals surface area contributed by atoms with Gasteiger partial charge >= 0.3 is 0 Å². The summed E-state index contributed by atoms with van der Waals surface area (Å²) in [5.74, 6) is 0.451. The smallest absolute Gasteiger partial charge is 0.269 e. The molecular formula is C27H22N4O4. The zero-order chi connectivity index (χ0) is 24.8. The Morgan fingerprint density at radius 2 is 1.80 bits per heavy atom. The van der Waals surface area contributed by atoms with E-state index in [9.17, 15) is 14.9 Å². The fourth-order valence-electron chi connectivity index (χ4n) is 3.29. The Morgan fingerprint density at radius 3 is 2.49 bits per heavy atom. The van der Waals surface area contributed by atoms with E-state index in [1.807, 2.05) is 32.0 Å². The first-order valence-electron chi connectivity index (χ1n) is 10.9. The van der Waals surface area contributed by atoms with Crippen molar-refractivity contribution in [2.75, 3.05) is 11.9 Å². The third-order valence-electron chi connectivity index (χ3n) is 5.05. The number of amides is 1. The zero-order valence-corrected chi connectivity index (χ0v) is 19.2. The normalized spacial score (nSPS) is 11.1. The molecule has 0 saturated heterocycles. The van der Waals surface area contributed by atoms with Crippen LogP contribution in [-0.2, 0) is 4.79 Å². The van der Waals surface area contributed by atoms with Crippen molar-refractivity contribution >= 4 is 23.3 Å². The average Bonchev–Trinajstić information content (AvgIpc) is 2.86. The third kappa shape index (κ3) is 5.37. The lowest BCUT2D eigenvalue weighted by molar-refractivity contribution is -0.112. The van der Waals surface area contributed by atoms with Crippen molar-refractivity contribution in [1.29, 1.82) is 5.26 Å². The number of ether oxygens (including phenoxy) is 2. The zero-order valence-electron chi connectivity index (χ0n) is 19.2. The third-order valence-corrected chi connectivity index (χ3v) is 5.05. The van der Waals surface area contributed by atoms with Crippen molar-refractivity contribution < 1.29 is 14.3 Å². The van der Waals surface area contributed by atoms with Crippen LogP contribution in [0.4, 0.5) is 5.69 Å². The molecule has 1 N–H and O–H groups in total. The molecule has 2 aromatic heterocycles. The lowest BCUT2D eigenvalue weighted by Crippen LogP contribution is -2.20. The van der Waals surface area contributed by atoms with E-state index in [1.165, 1.54) is 10.5 Å². The fraction of sp³-hybridized carbons (Fsp3) is 0.111. The Labute approximate surface area is 201 Å². The summed E-state index contributed by atoms with van der Waals surface area (Å²) in [6, 6.07) is 21.0. The molecule has 0 atom stereocenters. The second-order valence-electron chi connectivity index (χ2n) is 7.56. The molecule has 35 heavy (non-hydrogen) atoms. The lowest BCUT2D eigenvalue weighted by atomic mass is 10.1. The van der Waals surface area contributed by atoms with Gasteiger partial charge in [-0.25, -0.2) is 0 Å². The highest BCUT2D eigenvalue weighted by Crippen LogP contribution is 2.25. The van der Waals surface area contributed by atoms with Crippen LogP contribution in [0.3, 0.4) is 0 Å². The molecule has 2 heterocycles. The summed E-state index contributed by atoms with van der Waals surface area (Å²) in [7, 11) is 0. The molecule has 0 bridgehead atoms. The number of aryl methyl sites for hydroxylation is 1. The van der Waals surface area contributed by atoms with Crippen LogP contribution in [0, 0.1) is 18.3 Å². The van der Waals surface area contributed by atoms with Crippen molar-refractivity contribution in [3.63, 3.8) is 0 Å². The number of aromatic nitrogens is 2. The molecule has 2 aromatic carbocycles. The van der Waals surface area contributed by atoms with Crippen molar-refractivity contribution in [2.24, 2.45) is 0 Å². The molecule has 0 fully saturated rings. The molecular weight excluding hydrogens is 444 g/mol. The molecule has 8 nitrogen and oxygen atoms in total. The molecule has 0 aliphatic heterocycles. The van der Waals surface area contributed by atoms with Gasteiger partial charge in [0.15, 0.2) is 0 Å². The number of carbonyl (C=O) groups is 1. The van der Waals surface area contributed by atoms with Gasteiger partial charge in [0.25, 0.3) is 11.5 Å². The molecule has 0 saturated carbocycles. The largest absolute Gasteiger partial charge is 0.494 e. The van der Waals surface area contributed by atoms with Crippen molar-refractivity contribution in [3.05, 3.63) is 100.0 Å². The van der Waals surface area contributed by atoms with Crippen molar-refractivity contribution in [3.8, 4) is 23.4 Å². The summed E-state index contributed by atoms with van der Waals surface area (Å²) in [5, 5.41) is 12.4. The summed E-state index contributed by atoms with van der Waals surface area (Å²) >= 11 is 0. The van der Waals surface area contributed by atoms with Crippen molar-refractivity contribution in [2.45, 2.75) is 13.8 Å².